The van der Waals surface area contributed by atoms with Gasteiger partial charge in [0.15, 0.2) is 0 Å². The van der Waals surface area contributed by atoms with Crippen LogP contribution >= 0.6 is 0 Å². The van der Waals surface area contributed by atoms with Crippen molar-refractivity contribution in [3.63, 3.8) is 0 Å². The van der Waals surface area contributed by atoms with Crippen LogP contribution in [0.25, 0.3) is 23.1 Å². The van der Waals surface area contributed by atoms with Crippen molar-refractivity contribution in [3.05, 3.63) is 54.0 Å². The van der Waals surface area contributed by atoms with E-state index >= 15 is 0 Å². The Morgan fingerprint density at radius 1 is 1.05 bits per heavy atom. The molecule has 1 saturated heterocycles. The summed E-state index contributed by atoms with van der Waals surface area (Å²) in [5, 5.41) is 11.8. The predicted octanol–water partition coefficient (Wildman–Crippen LogP) is 3.39. The third-order valence-corrected chi connectivity index (χ3v) is 5.81. The van der Waals surface area contributed by atoms with Gasteiger partial charge < -0.3 is 19.3 Å². The van der Waals surface area contributed by atoms with E-state index in [-0.39, 0.29) is 23.3 Å². The minimum absolute atomic E-state index is 0.0951. The topological polar surface area (TPSA) is 116 Å². The van der Waals surface area contributed by atoms with Crippen molar-refractivity contribution in [1.82, 2.24) is 34.8 Å². The lowest BCUT2D eigenvalue weighted by molar-refractivity contribution is -0.274. The summed E-state index contributed by atoms with van der Waals surface area (Å²) in [4.78, 5) is 15.5. The Morgan fingerprint density at radius 3 is 2.61 bits per heavy atom. The van der Waals surface area contributed by atoms with Gasteiger partial charge in [0.25, 0.3) is 5.89 Å². The number of alkyl halides is 3. The van der Waals surface area contributed by atoms with Gasteiger partial charge in [-0.3, -0.25) is 4.90 Å². The minimum Gasteiger partial charge on any atom is -0.406 e. The van der Waals surface area contributed by atoms with Crippen LogP contribution in [-0.4, -0.2) is 80.5 Å². The zero-order valence-corrected chi connectivity index (χ0v) is 20.5. The fourth-order valence-corrected chi connectivity index (χ4v) is 3.91. The lowest BCUT2D eigenvalue weighted by Crippen LogP contribution is -2.39. The Morgan fingerprint density at radius 2 is 1.84 bits per heavy atom. The van der Waals surface area contributed by atoms with E-state index in [0.717, 1.165) is 50.8 Å². The van der Waals surface area contributed by atoms with Crippen molar-refractivity contribution in [3.8, 4) is 28.9 Å². The Hall–Kier alpha value is -4.04. The normalized spacial score (nSPS) is 14.5. The fraction of sp³-hybridized carbons (Fsp3) is 0.375. The quantitative estimate of drug-likeness (QED) is 0.345. The third-order valence-electron chi connectivity index (χ3n) is 5.81. The highest BCUT2D eigenvalue weighted by molar-refractivity contribution is 5.57. The highest BCUT2D eigenvalue weighted by Crippen LogP contribution is 2.26. The van der Waals surface area contributed by atoms with E-state index in [9.17, 15) is 13.2 Å². The lowest BCUT2D eigenvalue weighted by atomic mass is 10.2. The molecule has 1 aromatic carbocycles. The molecule has 1 aliphatic rings. The van der Waals surface area contributed by atoms with Gasteiger partial charge in [0.1, 0.15) is 17.4 Å². The number of aryl methyl sites for hydroxylation is 1. The monoisotopic (exact) mass is 530 g/mol. The Balaban J connectivity index is 1.21. The van der Waals surface area contributed by atoms with Gasteiger partial charge in [-0.1, -0.05) is 5.16 Å². The SMILES string of the molecule is Cc1nc(-c2nc(-c3ccc(OC(F)(F)F)cc3)no2)nn1Cc1ccnc(NCCN2CCOCC2)c1. The molecule has 0 unspecified atom stereocenters. The number of rotatable bonds is 9. The van der Waals surface area contributed by atoms with Crippen LogP contribution in [0.1, 0.15) is 11.4 Å². The van der Waals surface area contributed by atoms with Gasteiger partial charge in [0.2, 0.25) is 11.6 Å². The Bertz CT molecular complexity index is 1350. The van der Waals surface area contributed by atoms with Crippen molar-refractivity contribution in [2.45, 2.75) is 19.8 Å². The number of aromatic nitrogens is 6. The highest BCUT2D eigenvalue weighted by Gasteiger charge is 2.31. The number of morpholine rings is 1. The standard InChI is InChI=1S/C24H25F3N8O3/c1-16-30-22(23-31-21(33-38-23)18-2-4-19(5-3-18)37-24(25,26)27)32-35(16)15-17-6-7-28-20(14-17)29-8-9-34-10-12-36-13-11-34/h2-7,14H,8-13,15H2,1H3,(H,28,29). The third kappa shape index (κ3) is 6.63. The van der Waals surface area contributed by atoms with Crippen molar-refractivity contribution >= 4 is 5.82 Å². The summed E-state index contributed by atoms with van der Waals surface area (Å²) in [6.45, 7) is 7.38. The minimum atomic E-state index is -4.76. The molecule has 0 saturated carbocycles. The number of hydrogen-bond donors (Lipinski definition) is 1. The van der Waals surface area contributed by atoms with Crippen LogP contribution < -0.4 is 10.1 Å². The molecule has 14 heteroatoms. The molecule has 0 aliphatic carbocycles. The first-order valence-electron chi connectivity index (χ1n) is 11.9. The number of benzene rings is 1. The molecule has 5 rings (SSSR count). The van der Waals surface area contributed by atoms with Gasteiger partial charge in [-0.15, -0.1) is 18.3 Å². The summed E-state index contributed by atoms with van der Waals surface area (Å²) in [5.74, 6) is 1.62. The molecule has 0 spiro atoms. The number of pyridine rings is 1. The van der Waals surface area contributed by atoms with Crippen LogP contribution in [-0.2, 0) is 11.3 Å². The second kappa shape index (κ2) is 11.1. The molecule has 1 fully saturated rings. The maximum absolute atomic E-state index is 12.4. The summed E-state index contributed by atoms with van der Waals surface area (Å²) >= 11 is 0. The Labute approximate surface area is 215 Å². The van der Waals surface area contributed by atoms with Gasteiger partial charge in [-0.05, 0) is 48.9 Å². The summed E-state index contributed by atoms with van der Waals surface area (Å²) in [6.07, 6.45) is -3.02. The van der Waals surface area contributed by atoms with Crippen LogP contribution in [0, 0.1) is 6.92 Å². The summed E-state index contributed by atoms with van der Waals surface area (Å²) in [6, 6.07) is 9.04. The van der Waals surface area contributed by atoms with E-state index in [1.54, 1.807) is 10.9 Å². The van der Waals surface area contributed by atoms with E-state index < -0.39 is 6.36 Å². The van der Waals surface area contributed by atoms with Crippen LogP contribution in [0.4, 0.5) is 19.0 Å². The lowest BCUT2D eigenvalue weighted by Gasteiger charge is -2.26. The molecular weight excluding hydrogens is 505 g/mol. The van der Waals surface area contributed by atoms with Gasteiger partial charge >= 0.3 is 6.36 Å². The first-order valence-corrected chi connectivity index (χ1v) is 11.9. The van der Waals surface area contributed by atoms with E-state index in [0.29, 0.717) is 17.9 Å². The number of halogens is 3. The first-order chi connectivity index (χ1) is 18.3. The second-order valence-corrected chi connectivity index (χ2v) is 8.57. The smallest absolute Gasteiger partial charge is 0.406 e. The molecule has 38 heavy (non-hydrogen) atoms. The number of nitrogens with one attached hydrogen (secondary N) is 1. The van der Waals surface area contributed by atoms with Crippen molar-refractivity contribution in [2.75, 3.05) is 44.7 Å². The number of ether oxygens (including phenoxy) is 2. The van der Waals surface area contributed by atoms with Crippen molar-refractivity contribution in [2.24, 2.45) is 0 Å². The molecule has 1 aliphatic heterocycles. The van der Waals surface area contributed by atoms with E-state index in [1.165, 1.54) is 24.3 Å². The van der Waals surface area contributed by atoms with E-state index in [1.807, 2.05) is 19.1 Å². The number of nitrogens with zero attached hydrogens (tertiary/aromatic N) is 7. The maximum atomic E-state index is 12.4. The average Bonchev–Trinajstić information content (AvgIpc) is 3.52. The zero-order chi connectivity index (χ0) is 26.5. The summed E-state index contributed by atoms with van der Waals surface area (Å²) in [7, 11) is 0. The van der Waals surface area contributed by atoms with Crippen LogP contribution in [0.2, 0.25) is 0 Å². The van der Waals surface area contributed by atoms with Gasteiger partial charge in [0, 0.05) is 37.9 Å². The van der Waals surface area contributed by atoms with E-state index in [4.69, 9.17) is 9.26 Å². The molecule has 0 radical (unpaired) electrons. The van der Waals surface area contributed by atoms with Gasteiger partial charge in [-0.2, -0.15) is 4.98 Å². The molecule has 4 heterocycles. The van der Waals surface area contributed by atoms with Crippen LogP contribution in [0.15, 0.2) is 47.1 Å². The number of hydrogen-bond acceptors (Lipinski definition) is 10. The predicted molar refractivity (Wildman–Crippen MR) is 129 cm³/mol. The molecule has 3 aromatic heterocycles. The van der Waals surface area contributed by atoms with Gasteiger partial charge in [-0.25, -0.2) is 14.6 Å². The summed E-state index contributed by atoms with van der Waals surface area (Å²) < 4.78 is 53.4. The summed E-state index contributed by atoms with van der Waals surface area (Å²) in [5.41, 5.74) is 1.44. The largest absolute Gasteiger partial charge is 0.573 e. The molecular formula is C24H25F3N8O3. The van der Waals surface area contributed by atoms with Gasteiger partial charge in [0.05, 0.1) is 19.8 Å². The fourth-order valence-electron chi connectivity index (χ4n) is 3.91. The van der Waals surface area contributed by atoms with Crippen LogP contribution in [0.3, 0.4) is 0 Å². The number of anilines is 1. The molecule has 1 N–H and O–H groups in total. The molecule has 11 nitrogen and oxygen atoms in total. The molecule has 0 amide bonds. The highest BCUT2D eigenvalue weighted by atomic mass is 19.4. The maximum Gasteiger partial charge on any atom is 0.573 e. The Kier molecular flexibility index (Phi) is 7.51. The molecule has 200 valence electrons. The zero-order valence-electron chi connectivity index (χ0n) is 20.5. The molecule has 4 aromatic rings. The van der Waals surface area contributed by atoms with Crippen molar-refractivity contribution < 1.29 is 27.2 Å². The molecule has 0 bridgehead atoms. The molecule has 0 atom stereocenters. The van der Waals surface area contributed by atoms with Crippen molar-refractivity contribution in [1.29, 1.82) is 0 Å². The first kappa shape index (κ1) is 25.6. The second-order valence-electron chi connectivity index (χ2n) is 8.57. The average molecular weight is 531 g/mol. The van der Waals surface area contributed by atoms with Crippen LogP contribution in [0.5, 0.6) is 5.75 Å². The van der Waals surface area contributed by atoms with E-state index in [2.05, 4.69) is 40.2 Å².